The van der Waals surface area contributed by atoms with E-state index in [1.54, 1.807) is 0 Å². The van der Waals surface area contributed by atoms with Crippen LogP contribution < -0.4 is 0 Å². The van der Waals surface area contributed by atoms with Gasteiger partial charge in [0, 0.05) is 19.6 Å². The van der Waals surface area contributed by atoms with Crippen LogP contribution in [0.3, 0.4) is 0 Å². The zero-order valence-corrected chi connectivity index (χ0v) is 18.4. The number of carbonyl (C=O) groups is 2. The number of alkyl halides is 6. The van der Waals surface area contributed by atoms with Crippen LogP contribution in [0.4, 0.5) is 35.1 Å². The largest absolute Gasteiger partial charge is 0.471 e. The number of likely N-dealkylation sites (tertiary alicyclic amines) is 2. The molecule has 0 bridgehead atoms. The molecule has 1 aromatic carbocycles. The van der Waals surface area contributed by atoms with Crippen LogP contribution >= 0.6 is 11.6 Å². The van der Waals surface area contributed by atoms with Gasteiger partial charge in [0.2, 0.25) is 0 Å². The Labute approximate surface area is 197 Å². The molecule has 15 heteroatoms. The minimum absolute atomic E-state index is 0.0370. The topological polar surface area (TPSA) is 59.7 Å². The van der Waals surface area contributed by atoms with Gasteiger partial charge in [-0.2, -0.15) is 13.2 Å². The van der Waals surface area contributed by atoms with E-state index in [4.69, 9.17) is 11.6 Å². The fourth-order valence-corrected chi connectivity index (χ4v) is 4.54. The molecule has 192 valence electrons. The molecule has 1 N–H and O–H groups in total. The number of rotatable bonds is 5. The number of halogens is 9. The van der Waals surface area contributed by atoms with Crippen LogP contribution in [0.15, 0.2) is 12.1 Å². The molecule has 0 spiro atoms. The van der Waals surface area contributed by atoms with E-state index in [1.807, 2.05) is 0 Å². The molecule has 6 nitrogen and oxygen atoms in total. The highest BCUT2D eigenvalue weighted by Gasteiger charge is 2.50. The first-order chi connectivity index (χ1) is 16.2. The SMILES string of the molecule is O=C(c1[nH]c2ccc(F)c(Cl)c2c1F)N1C[C@@H](F)[C@@H](N(CCN2CC(F)(F)C2)C(=O)C(F)(F)F)C1. The fraction of sp³-hybridized carbons (Fsp3) is 0.500. The molecule has 0 aliphatic carbocycles. The van der Waals surface area contributed by atoms with Gasteiger partial charge < -0.3 is 14.8 Å². The Hall–Kier alpha value is -2.61. The standard InChI is InChI=1S/C20H17ClF8N4O2/c21-14-9(22)1-2-11-13(14)15(24)16(30-11)17(34)32-5-10(23)12(6-32)33(18(35)20(27,28)29)4-3-31-7-19(25,26)8-31/h1-2,10,12,30H,3-8H2/t10-,12+/m1/s1. The first kappa shape index (κ1) is 25.5. The van der Waals surface area contributed by atoms with Crippen molar-refractivity contribution in [3.63, 3.8) is 0 Å². The molecule has 2 aliphatic rings. The molecule has 0 radical (unpaired) electrons. The van der Waals surface area contributed by atoms with Gasteiger partial charge in [-0.05, 0) is 12.1 Å². The van der Waals surface area contributed by atoms with E-state index >= 15 is 0 Å². The van der Waals surface area contributed by atoms with E-state index in [2.05, 4.69) is 4.98 Å². The number of aromatic amines is 1. The van der Waals surface area contributed by atoms with E-state index in [0.717, 1.165) is 17.0 Å². The molecular weight excluding hydrogens is 516 g/mol. The van der Waals surface area contributed by atoms with Gasteiger partial charge in [-0.1, -0.05) is 11.6 Å². The normalized spacial score (nSPS) is 22.5. The summed E-state index contributed by atoms with van der Waals surface area (Å²) in [4.78, 5) is 29.2. The smallest absolute Gasteiger partial charge is 0.348 e. The maximum Gasteiger partial charge on any atom is 0.471 e. The highest BCUT2D eigenvalue weighted by atomic mass is 35.5. The van der Waals surface area contributed by atoms with Crippen molar-refractivity contribution in [3.05, 3.63) is 34.5 Å². The van der Waals surface area contributed by atoms with Gasteiger partial charge >= 0.3 is 12.1 Å². The molecule has 2 saturated heterocycles. The van der Waals surface area contributed by atoms with Crippen molar-refractivity contribution in [1.82, 2.24) is 19.7 Å². The number of amides is 2. The molecule has 3 heterocycles. The van der Waals surface area contributed by atoms with Crippen molar-refractivity contribution in [1.29, 1.82) is 0 Å². The van der Waals surface area contributed by atoms with Gasteiger partial charge in [-0.3, -0.25) is 14.5 Å². The number of hydrogen-bond donors (Lipinski definition) is 1. The average molecular weight is 533 g/mol. The van der Waals surface area contributed by atoms with E-state index in [0.29, 0.717) is 4.90 Å². The second kappa shape index (κ2) is 8.80. The number of nitrogens with zero attached hydrogens (tertiary/aromatic N) is 3. The molecule has 35 heavy (non-hydrogen) atoms. The Kier molecular flexibility index (Phi) is 6.41. The van der Waals surface area contributed by atoms with Gasteiger partial charge in [0.15, 0.2) is 5.82 Å². The summed E-state index contributed by atoms with van der Waals surface area (Å²) in [6.07, 6.45) is -7.50. The lowest BCUT2D eigenvalue weighted by molar-refractivity contribution is -0.189. The highest BCUT2D eigenvalue weighted by Crippen LogP contribution is 2.33. The minimum Gasteiger partial charge on any atom is -0.348 e. The summed E-state index contributed by atoms with van der Waals surface area (Å²) >= 11 is 5.75. The van der Waals surface area contributed by atoms with Gasteiger partial charge in [0.25, 0.3) is 11.8 Å². The third-order valence-corrected chi connectivity index (χ3v) is 6.35. The summed E-state index contributed by atoms with van der Waals surface area (Å²) in [5.74, 6) is -8.70. The predicted molar refractivity (Wildman–Crippen MR) is 107 cm³/mol. The van der Waals surface area contributed by atoms with Gasteiger partial charge in [-0.25, -0.2) is 22.0 Å². The van der Waals surface area contributed by atoms with Crippen molar-refractivity contribution in [2.45, 2.75) is 24.3 Å². The van der Waals surface area contributed by atoms with Gasteiger partial charge in [0.1, 0.15) is 17.7 Å². The van der Waals surface area contributed by atoms with Crippen molar-refractivity contribution in [3.8, 4) is 0 Å². The average Bonchev–Trinajstić information content (AvgIpc) is 3.29. The Balaban J connectivity index is 1.54. The van der Waals surface area contributed by atoms with Crippen LogP contribution in [0.1, 0.15) is 10.5 Å². The molecule has 2 amide bonds. The molecule has 0 unspecified atom stereocenters. The van der Waals surface area contributed by atoms with Crippen molar-refractivity contribution in [2.24, 2.45) is 0 Å². The minimum atomic E-state index is -5.37. The van der Waals surface area contributed by atoms with Crippen LogP contribution in [0.5, 0.6) is 0 Å². The zero-order chi connectivity index (χ0) is 25.9. The number of aromatic nitrogens is 1. The summed E-state index contributed by atoms with van der Waals surface area (Å²) in [7, 11) is 0. The van der Waals surface area contributed by atoms with E-state index in [1.165, 1.54) is 0 Å². The monoisotopic (exact) mass is 532 g/mol. The van der Waals surface area contributed by atoms with E-state index in [9.17, 15) is 44.7 Å². The number of carbonyl (C=O) groups excluding carboxylic acids is 2. The number of nitrogens with one attached hydrogen (secondary N) is 1. The second-order valence-electron chi connectivity index (χ2n) is 8.45. The van der Waals surface area contributed by atoms with Crippen LogP contribution in [0.25, 0.3) is 10.9 Å². The summed E-state index contributed by atoms with van der Waals surface area (Å²) in [6, 6.07) is 0.292. The first-order valence-electron chi connectivity index (χ1n) is 10.3. The molecule has 2 fully saturated rings. The highest BCUT2D eigenvalue weighted by molar-refractivity contribution is 6.35. The van der Waals surface area contributed by atoms with Crippen molar-refractivity contribution >= 4 is 34.3 Å². The third-order valence-electron chi connectivity index (χ3n) is 5.99. The number of H-pyrrole nitrogens is 1. The molecular formula is C20H17ClF8N4O2. The van der Waals surface area contributed by atoms with Gasteiger partial charge in [-0.15, -0.1) is 0 Å². The Morgan fingerprint density at radius 3 is 2.43 bits per heavy atom. The summed E-state index contributed by atoms with van der Waals surface area (Å²) in [5.41, 5.74) is -0.748. The van der Waals surface area contributed by atoms with E-state index in [-0.39, 0.29) is 17.0 Å². The number of benzene rings is 1. The molecule has 2 atom stereocenters. The third kappa shape index (κ3) is 4.77. The lowest BCUT2D eigenvalue weighted by Crippen LogP contribution is -2.59. The fourth-order valence-electron chi connectivity index (χ4n) is 4.29. The molecule has 1 aromatic heterocycles. The Bertz CT molecular complexity index is 1160. The summed E-state index contributed by atoms with van der Waals surface area (Å²) < 4.78 is 109. The first-order valence-corrected chi connectivity index (χ1v) is 10.6. The van der Waals surface area contributed by atoms with Crippen molar-refractivity contribution < 1.29 is 44.7 Å². The zero-order valence-electron chi connectivity index (χ0n) is 17.6. The predicted octanol–water partition coefficient (Wildman–Crippen LogP) is 3.60. The van der Waals surface area contributed by atoms with Crippen LogP contribution in [-0.4, -0.2) is 95.1 Å². The molecule has 0 saturated carbocycles. The van der Waals surface area contributed by atoms with Crippen molar-refractivity contribution in [2.75, 3.05) is 39.3 Å². The second-order valence-corrected chi connectivity index (χ2v) is 8.83. The molecule has 4 rings (SSSR count). The maximum absolute atomic E-state index is 14.8. The van der Waals surface area contributed by atoms with Crippen LogP contribution in [0, 0.1) is 11.6 Å². The molecule has 2 aromatic rings. The Morgan fingerprint density at radius 1 is 1.17 bits per heavy atom. The van der Waals surface area contributed by atoms with E-state index < -0.39 is 96.6 Å². The summed E-state index contributed by atoms with van der Waals surface area (Å²) in [5, 5.41) is -1.03. The summed E-state index contributed by atoms with van der Waals surface area (Å²) in [6.45, 7) is -3.97. The lowest BCUT2D eigenvalue weighted by Gasteiger charge is -2.40. The Morgan fingerprint density at radius 2 is 1.83 bits per heavy atom. The van der Waals surface area contributed by atoms with Crippen LogP contribution in [0.2, 0.25) is 5.02 Å². The number of hydrogen-bond acceptors (Lipinski definition) is 3. The van der Waals surface area contributed by atoms with Gasteiger partial charge in [0.05, 0.1) is 41.6 Å². The lowest BCUT2D eigenvalue weighted by atomic mass is 10.1. The maximum atomic E-state index is 14.8. The van der Waals surface area contributed by atoms with Crippen LogP contribution in [-0.2, 0) is 4.79 Å². The molecule has 2 aliphatic heterocycles. The number of fused-ring (bicyclic) bond motifs is 1. The quantitative estimate of drug-likeness (QED) is 0.599.